The highest BCUT2D eigenvalue weighted by molar-refractivity contribution is 5.83. The van der Waals surface area contributed by atoms with Gasteiger partial charge < -0.3 is 19.7 Å². The number of aryl methyl sites for hydroxylation is 1. The Hall–Kier alpha value is -2.05. The van der Waals surface area contributed by atoms with E-state index >= 15 is 0 Å². The van der Waals surface area contributed by atoms with Crippen LogP contribution in [0.3, 0.4) is 0 Å². The van der Waals surface area contributed by atoms with Gasteiger partial charge in [-0.2, -0.15) is 0 Å². The molecular weight excluding hydrogens is 250 g/mol. The molecule has 0 radical (unpaired) electrons. The van der Waals surface area contributed by atoms with Gasteiger partial charge in [-0.15, -0.1) is 0 Å². The summed E-state index contributed by atoms with van der Waals surface area (Å²) in [5.41, 5.74) is 0. The molecule has 0 saturated carbocycles. The zero-order valence-electron chi connectivity index (χ0n) is 10.8. The summed E-state index contributed by atoms with van der Waals surface area (Å²) in [6.07, 6.45) is 3.58. The van der Waals surface area contributed by atoms with Crippen LogP contribution in [0, 0.1) is 0 Å². The summed E-state index contributed by atoms with van der Waals surface area (Å²) >= 11 is 0. The van der Waals surface area contributed by atoms with Gasteiger partial charge in [0.2, 0.25) is 5.89 Å². The molecule has 19 heavy (non-hydrogen) atoms. The summed E-state index contributed by atoms with van der Waals surface area (Å²) in [5.74, 6) is 0.224. The number of hydrogen-bond donors (Lipinski definition) is 2. The molecule has 1 aliphatic rings. The van der Waals surface area contributed by atoms with Crippen LogP contribution >= 0.6 is 0 Å². The fourth-order valence-corrected chi connectivity index (χ4v) is 2.11. The van der Waals surface area contributed by atoms with Crippen LogP contribution in [0.15, 0.2) is 10.6 Å². The summed E-state index contributed by atoms with van der Waals surface area (Å²) in [6, 6.07) is -1.11. The normalized spacial score (nSPS) is 18.6. The number of hydrogen-bond acceptors (Lipinski definition) is 4. The number of nitrogens with one attached hydrogen (secondary N) is 1. The summed E-state index contributed by atoms with van der Waals surface area (Å²) in [5, 5.41) is 11.6. The Bertz CT molecular complexity index is 471. The predicted octanol–water partition coefficient (Wildman–Crippen LogP) is 0.996. The zero-order chi connectivity index (χ0) is 13.8. The van der Waals surface area contributed by atoms with Crippen molar-refractivity contribution in [3.8, 4) is 0 Å². The monoisotopic (exact) mass is 267 g/mol. The number of nitrogens with zero attached hydrogens (tertiary/aromatic N) is 2. The van der Waals surface area contributed by atoms with E-state index in [-0.39, 0.29) is 12.6 Å². The van der Waals surface area contributed by atoms with Crippen LogP contribution in [0.1, 0.15) is 31.4 Å². The van der Waals surface area contributed by atoms with Crippen LogP contribution in [0.2, 0.25) is 0 Å². The summed E-state index contributed by atoms with van der Waals surface area (Å²) in [4.78, 5) is 28.2. The topological polar surface area (TPSA) is 95.7 Å². The number of carbonyl (C=O) groups is 2. The SMILES string of the molecule is CCc1cnc(CNC(=O)N2CCC[C@H]2C(=O)O)o1. The van der Waals surface area contributed by atoms with Crippen LogP contribution in [0.4, 0.5) is 4.79 Å². The van der Waals surface area contributed by atoms with Crippen molar-refractivity contribution in [3.05, 3.63) is 17.8 Å². The van der Waals surface area contributed by atoms with Crippen LogP contribution < -0.4 is 5.32 Å². The molecule has 1 aliphatic heterocycles. The van der Waals surface area contributed by atoms with E-state index in [4.69, 9.17) is 9.52 Å². The lowest BCUT2D eigenvalue weighted by atomic mass is 10.2. The first-order chi connectivity index (χ1) is 9.11. The average Bonchev–Trinajstić information content (AvgIpc) is 3.04. The maximum Gasteiger partial charge on any atom is 0.326 e. The molecule has 2 amide bonds. The van der Waals surface area contributed by atoms with E-state index in [0.717, 1.165) is 12.2 Å². The largest absolute Gasteiger partial charge is 0.480 e. The zero-order valence-corrected chi connectivity index (χ0v) is 10.8. The van der Waals surface area contributed by atoms with Crippen molar-refractivity contribution in [2.75, 3.05) is 6.54 Å². The Morgan fingerprint density at radius 2 is 2.42 bits per heavy atom. The van der Waals surface area contributed by atoms with Crippen LogP contribution in [0.25, 0.3) is 0 Å². The Morgan fingerprint density at radius 1 is 1.63 bits per heavy atom. The molecule has 1 aromatic heterocycles. The third-order valence-electron chi connectivity index (χ3n) is 3.14. The van der Waals surface area contributed by atoms with Gasteiger partial charge in [0, 0.05) is 13.0 Å². The minimum absolute atomic E-state index is 0.168. The maximum atomic E-state index is 11.9. The minimum atomic E-state index is -0.961. The Morgan fingerprint density at radius 3 is 3.05 bits per heavy atom. The second kappa shape index (κ2) is 5.73. The number of carbonyl (C=O) groups excluding carboxylic acids is 1. The lowest BCUT2D eigenvalue weighted by molar-refractivity contribution is -0.141. The average molecular weight is 267 g/mol. The molecule has 2 heterocycles. The van der Waals surface area contributed by atoms with Gasteiger partial charge in [-0.1, -0.05) is 6.92 Å². The summed E-state index contributed by atoms with van der Waals surface area (Å²) < 4.78 is 5.36. The van der Waals surface area contributed by atoms with Crippen molar-refractivity contribution in [1.82, 2.24) is 15.2 Å². The third-order valence-corrected chi connectivity index (χ3v) is 3.14. The molecule has 2 N–H and O–H groups in total. The number of carboxylic acids is 1. The maximum absolute atomic E-state index is 11.9. The van der Waals surface area contributed by atoms with Crippen molar-refractivity contribution in [3.63, 3.8) is 0 Å². The Balaban J connectivity index is 1.88. The van der Waals surface area contributed by atoms with Crippen molar-refractivity contribution in [2.24, 2.45) is 0 Å². The number of likely N-dealkylation sites (tertiary alicyclic amines) is 1. The van der Waals surface area contributed by atoms with Gasteiger partial charge in [0.1, 0.15) is 11.8 Å². The Kier molecular flexibility index (Phi) is 4.03. The fourth-order valence-electron chi connectivity index (χ4n) is 2.11. The first-order valence-electron chi connectivity index (χ1n) is 6.32. The van der Waals surface area contributed by atoms with Gasteiger partial charge in [0.25, 0.3) is 0 Å². The second-order valence-electron chi connectivity index (χ2n) is 4.42. The number of rotatable bonds is 4. The van der Waals surface area contributed by atoms with Gasteiger partial charge in [-0.25, -0.2) is 14.6 Å². The highest BCUT2D eigenvalue weighted by atomic mass is 16.4. The molecule has 0 unspecified atom stereocenters. The molecule has 2 rings (SSSR count). The second-order valence-corrected chi connectivity index (χ2v) is 4.42. The Labute approximate surface area is 110 Å². The minimum Gasteiger partial charge on any atom is -0.480 e. The molecule has 1 aromatic rings. The first kappa shape index (κ1) is 13.4. The van der Waals surface area contributed by atoms with Gasteiger partial charge in [-0.05, 0) is 12.8 Å². The van der Waals surface area contributed by atoms with E-state index in [9.17, 15) is 9.59 Å². The highest BCUT2D eigenvalue weighted by Gasteiger charge is 2.33. The molecule has 104 valence electrons. The predicted molar refractivity (Wildman–Crippen MR) is 65.5 cm³/mol. The van der Waals surface area contributed by atoms with E-state index in [1.54, 1.807) is 6.20 Å². The van der Waals surface area contributed by atoms with Crippen LogP contribution in [-0.4, -0.2) is 39.6 Å². The molecule has 1 saturated heterocycles. The standard InChI is InChI=1S/C12H17N3O4/c1-2-8-6-13-10(19-8)7-14-12(18)15-5-3-4-9(15)11(16)17/h6,9H,2-5,7H2,1H3,(H,14,18)(H,16,17)/t9-/m0/s1. The summed E-state index contributed by atoms with van der Waals surface area (Å²) in [7, 11) is 0. The van der Waals surface area contributed by atoms with Crippen molar-refractivity contribution in [1.29, 1.82) is 0 Å². The van der Waals surface area contributed by atoms with Gasteiger partial charge >= 0.3 is 12.0 Å². The molecule has 7 nitrogen and oxygen atoms in total. The van der Waals surface area contributed by atoms with Crippen LogP contribution in [-0.2, 0) is 17.8 Å². The third kappa shape index (κ3) is 3.04. The molecular formula is C12H17N3O4. The number of aromatic nitrogens is 1. The van der Waals surface area contributed by atoms with E-state index in [2.05, 4.69) is 10.3 Å². The fraction of sp³-hybridized carbons (Fsp3) is 0.583. The summed E-state index contributed by atoms with van der Waals surface area (Å²) in [6.45, 7) is 2.58. The van der Waals surface area contributed by atoms with Crippen molar-refractivity contribution >= 4 is 12.0 Å². The number of aliphatic carboxylic acids is 1. The first-order valence-corrected chi connectivity index (χ1v) is 6.32. The molecule has 1 fully saturated rings. The lowest BCUT2D eigenvalue weighted by Crippen LogP contribution is -2.45. The number of amides is 2. The van der Waals surface area contributed by atoms with Crippen LogP contribution in [0.5, 0.6) is 0 Å². The van der Waals surface area contributed by atoms with Gasteiger partial charge in [0.15, 0.2) is 0 Å². The van der Waals surface area contributed by atoms with Gasteiger partial charge in [0.05, 0.1) is 12.7 Å². The molecule has 0 aliphatic carbocycles. The number of urea groups is 1. The van der Waals surface area contributed by atoms with Gasteiger partial charge in [-0.3, -0.25) is 0 Å². The number of oxazole rings is 1. The highest BCUT2D eigenvalue weighted by Crippen LogP contribution is 2.17. The molecule has 1 atom stereocenters. The smallest absolute Gasteiger partial charge is 0.326 e. The lowest BCUT2D eigenvalue weighted by Gasteiger charge is -2.21. The quantitative estimate of drug-likeness (QED) is 0.848. The molecule has 0 aromatic carbocycles. The number of carboxylic acid groups (broad SMARTS) is 1. The van der Waals surface area contributed by atoms with E-state index < -0.39 is 12.0 Å². The van der Waals surface area contributed by atoms with Crippen molar-refractivity contribution < 1.29 is 19.1 Å². The van der Waals surface area contributed by atoms with E-state index in [1.165, 1.54) is 4.90 Å². The van der Waals surface area contributed by atoms with Crippen molar-refractivity contribution in [2.45, 2.75) is 38.8 Å². The molecule has 7 heteroatoms. The van der Waals surface area contributed by atoms with E-state index in [0.29, 0.717) is 25.3 Å². The van der Waals surface area contributed by atoms with E-state index in [1.807, 2.05) is 6.92 Å². The molecule has 0 bridgehead atoms. The molecule has 0 spiro atoms.